The first-order valence-corrected chi connectivity index (χ1v) is 8.52. The average Bonchev–Trinajstić information content (AvgIpc) is 2.47. The highest BCUT2D eigenvalue weighted by Crippen LogP contribution is 2.50. The van der Waals surface area contributed by atoms with E-state index in [9.17, 15) is 9.36 Å². The van der Waals surface area contributed by atoms with Crippen LogP contribution >= 0.6 is 7.37 Å². The zero-order chi connectivity index (χ0) is 15.5. The summed E-state index contributed by atoms with van der Waals surface area (Å²) < 4.78 is 18.9. The summed E-state index contributed by atoms with van der Waals surface area (Å²) in [5.74, 6) is 0. The predicted molar refractivity (Wildman–Crippen MR) is 85.4 cm³/mol. The van der Waals surface area contributed by atoms with Gasteiger partial charge in [-0.1, -0.05) is 42.5 Å². The zero-order valence-electron chi connectivity index (χ0n) is 12.4. The summed E-state index contributed by atoms with van der Waals surface area (Å²) in [6.45, 7) is 5.39. The molecule has 2 aromatic rings. The van der Waals surface area contributed by atoms with E-state index >= 15 is 0 Å². The molecule has 0 heterocycles. The summed E-state index contributed by atoms with van der Waals surface area (Å²) in [5.41, 5.74) is 0.803. The minimum absolute atomic E-state index is 0.302. The van der Waals surface area contributed by atoms with Crippen molar-refractivity contribution in [2.24, 2.45) is 0 Å². The van der Waals surface area contributed by atoms with Gasteiger partial charge in [-0.25, -0.2) is 0 Å². The van der Waals surface area contributed by atoms with Gasteiger partial charge in [-0.05, 0) is 38.5 Å². The molecule has 2 aromatic carbocycles. The number of hydrogen-bond donors (Lipinski definition) is 0. The third kappa shape index (κ3) is 3.31. The highest BCUT2D eigenvalue weighted by atomic mass is 31.2. The largest absolute Gasteiger partial charge is 0.317 e. The van der Waals surface area contributed by atoms with Crippen LogP contribution < -0.4 is 5.30 Å². The molecule has 2 rings (SSSR count). The van der Waals surface area contributed by atoms with Gasteiger partial charge in [0.25, 0.3) is 5.52 Å². The number of hydrogen-bond acceptors (Lipinski definition) is 3. The third-order valence-corrected chi connectivity index (χ3v) is 5.57. The molecule has 1 unspecified atom stereocenters. The predicted octanol–water partition coefficient (Wildman–Crippen LogP) is 4.16. The fourth-order valence-electron chi connectivity index (χ4n) is 2.12. The molecule has 0 aliphatic rings. The molecule has 0 amide bonds. The van der Waals surface area contributed by atoms with Gasteiger partial charge in [0.05, 0.1) is 6.10 Å². The summed E-state index contributed by atoms with van der Waals surface area (Å²) in [6.07, 6.45) is -0.302. The lowest BCUT2D eigenvalue weighted by molar-refractivity contribution is 0.104. The van der Waals surface area contributed by atoms with Gasteiger partial charge in [-0.2, -0.15) is 0 Å². The molecule has 0 N–H and O–H groups in total. The Bertz CT molecular complexity index is 677. The lowest BCUT2D eigenvalue weighted by Gasteiger charge is -2.20. The highest BCUT2D eigenvalue weighted by molar-refractivity contribution is 7.83. The maximum Gasteiger partial charge on any atom is 0.301 e. The van der Waals surface area contributed by atoms with Crippen LogP contribution in [0.2, 0.25) is 0 Å². The van der Waals surface area contributed by atoms with E-state index in [4.69, 9.17) is 4.52 Å². The van der Waals surface area contributed by atoms with E-state index in [2.05, 4.69) is 0 Å². The van der Waals surface area contributed by atoms with Crippen LogP contribution in [0.1, 0.15) is 29.8 Å². The minimum Gasteiger partial charge on any atom is -0.317 e. The smallest absolute Gasteiger partial charge is 0.301 e. The Hall–Kier alpha value is -1.70. The number of carbonyl (C=O) groups excluding carboxylic acids is 1. The Morgan fingerprint density at radius 2 is 1.57 bits per heavy atom. The second kappa shape index (κ2) is 6.38. The van der Waals surface area contributed by atoms with Crippen molar-refractivity contribution in [1.82, 2.24) is 0 Å². The minimum atomic E-state index is -3.61. The van der Waals surface area contributed by atoms with Gasteiger partial charge in [0.2, 0.25) is 0 Å². The van der Waals surface area contributed by atoms with Crippen molar-refractivity contribution in [1.29, 1.82) is 0 Å². The second-order valence-corrected chi connectivity index (χ2v) is 7.40. The molecule has 1 atom stereocenters. The Balaban J connectivity index is 2.54. The van der Waals surface area contributed by atoms with Crippen LogP contribution in [0.4, 0.5) is 0 Å². The van der Waals surface area contributed by atoms with Crippen molar-refractivity contribution in [3.63, 3.8) is 0 Å². The molecule has 4 heteroatoms. The van der Waals surface area contributed by atoms with Gasteiger partial charge >= 0.3 is 7.37 Å². The van der Waals surface area contributed by atoms with E-state index in [1.54, 1.807) is 50.2 Å². The van der Waals surface area contributed by atoms with Crippen LogP contribution in [-0.4, -0.2) is 11.6 Å². The summed E-state index contributed by atoms with van der Waals surface area (Å²) in [7, 11) is -3.61. The van der Waals surface area contributed by atoms with Crippen LogP contribution in [0, 0.1) is 6.92 Å². The highest BCUT2D eigenvalue weighted by Gasteiger charge is 2.37. The topological polar surface area (TPSA) is 43.4 Å². The molecule has 110 valence electrons. The molecule has 0 saturated heterocycles. The fourth-order valence-corrected chi connectivity index (χ4v) is 4.30. The van der Waals surface area contributed by atoms with Crippen LogP contribution in [0.3, 0.4) is 0 Å². The second-order valence-electron chi connectivity index (χ2n) is 5.16. The number of aryl methyl sites for hydroxylation is 1. The van der Waals surface area contributed by atoms with Crippen molar-refractivity contribution < 1.29 is 13.9 Å². The van der Waals surface area contributed by atoms with Crippen molar-refractivity contribution in [3.8, 4) is 0 Å². The SMILES string of the molecule is Cc1ccccc1C(=O)P(=O)(OC(C)C)c1ccccc1. The molecule has 0 bridgehead atoms. The quantitative estimate of drug-likeness (QED) is 0.779. The molecule has 0 aromatic heterocycles. The first-order valence-electron chi connectivity index (χ1n) is 6.89. The van der Waals surface area contributed by atoms with Crippen LogP contribution in [0.25, 0.3) is 0 Å². The van der Waals surface area contributed by atoms with E-state index in [-0.39, 0.29) is 6.10 Å². The van der Waals surface area contributed by atoms with Crippen LogP contribution in [0.5, 0.6) is 0 Å². The van der Waals surface area contributed by atoms with Crippen molar-refractivity contribution in [2.45, 2.75) is 26.9 Å². The van der Waals surface area contributed by atoms with Gasteiger partial charge in [0, 0.05) is 10.9 Å². The van der Waals surface area contributed by atoms with Crippen molar-refractivity contribution >= 4 is 18.2 Å². The normalized spacial score (nSPS) is 13.9. The molecular formula is C17H19O3P. The molecule has 0 spiro atoms. The molecular weight excluding hydrogens is 283 g/mol. The molecule has 21 heavy (non-hydrogen) atoms. The third-order valence-electron chi connectivity index (χ3n) is 3.10. The molecule has 0 saturated carbocycles. The molecule has 0 aliphatic carbocycles. The van der Waals surface area contributed by atoms with Gasteiger partial charge in [-0.15, -0.1) is 0 Å². The van der Waals surface area contributed by atoms with E-state index in [0.29, 0.717) is 10.9 Å². The van der Waals surface area contributed by atoms with Crippen LogP contribution in [0.15, 0.2) is 54.6 Å². The molecule has 0 fully saturated rings. The van der Waals surface area contributed by atoms with E-state index in [0.717, 1.165) is 5.56 Å². The lowest BCUT2D eigenvalue weighted by atomic mass is 10.1. The Morgan fingerprint density at radius 3 is 2.14 bits per heavy atom. The maximum absolute atomic E-state index is 13.3. The number of carbonyl (C=O) groups is 1. The number of benzene rings is 2. The maximum atomic E-state index is 13.3. The number of rotatable bonds is 5. The van der Waals surface area contributed by atoms with E-state index in [1.165, 1.54) is 0 Å². The van der Waals surface area contributed by atoms with Gasteiger partial charge in [-0.3, -0.25) is 9.36 Å². The molecule has 3 nitrogen and oxygen atoms in total. The van der Waals surface area contributed by atoms with E-state index < -0.39 is 12.9 Å². The average molecular weight is 302 g/mol. The Labute approximate surface area is 125 Å². The first-order chi connectivity index (χ1) is 9.95. The molecule has 0 aliphatic heterocycles. The van der Waals surface area contributed by atoms with Gasteiger partial charge in [0.15, 0.2) is 0 Å². The first kappa shape index (κ1) is 15.7. The summed E-state index contributed by atoms with van der Waals surface area (Å²) in [4.78, 5) is 12.8. The summed E-state index contributed by atoms with van der Waals surface area (Å²) in [6, 6.07) is 15.8. The molecule has 0 radical (unpaired) electrons. The lowest BCUT2D eigenvalue weighted by Crippen LogP contribution is -2.19. The summed E-state index contributed by atoms with van der Waals surface area (Å²) >= 11 is 0. The van der Waals surface area contributed by atoms with Crippen molar-refractivity contribution in [3.05, 3.63) is 65.7 Å². The Kier molecular flexibility index (Phi) is 4.76. The zero-order valence-corrected chi connectivity index (χ0v) is 13.3. The fraction of sp³-hybridized carbons (Fsp3) is 0.235. The van der Waals surface area contributed by atoms with Gasteiger partial charge < -0.3 is 4.52 Å². The summed E-state index contributed by atoms with van der Waals surface area (Å²) in [5, 5.41) is 0.437. The van der Waals surface area contributed by atoms with Crippen LogP contribution in [-0.2, 0) is 9.09 Å². The van der Waals surface area contributed by atoms with E-state index in [1.807, 2.05) is 25.1 Å². The Morgan fingerprint density at radius 1 is 1.00 bits per heavy atom. The standard InChI is InChI=1S/C17H19O3P/c1-13(2)20-21(19,15-10-5-4-6-11-15)17(18)16-12-8-7-9-14(16)3/h4-13H,1-3H3. The van der Waals surface area contributed by atoms with Crippen molar-refractivity contribution in [2.75, 3.05) is 0 Å². The monoisotopic (exact) mass is 302 g/mol. The van der Waals surface area contributed by atoms with Gasteiger partial charge in [0.1, 0.15) is 0 Å².